The molecule has 0 aromatic heterocycles. The largest absolute Gasteiger partial charge is 0.489 e. The summed E-state index contributed by atoms with van der Waals surface area (Å²) in [6.07, 6.45) is 0.614. The highest BCUT2D eigenvalue weighted by Crippen LogP contribution is 2.15. The molecule has 0 radical (unpaired) electrons. The molecular weight excluding hydrogens is 387 g/mol. The third kappa shape index (κ3) is 8.38. The third-order valence-corrected chi connectivity index (χ3v) is 4.09. The lowest BCUT2D eigenvalue weighted by molar-refractivity contribution is -0.119. The van der Waals surface area contributed by atoms with Gasteiger partial charge in [-0.15, -0.1) is 0 Å². The first-order valence-electron chi connectivity index (χ1n) is 9.94. The van der Waals surface area contributed by atoms with Crippen LogP contribution in [0.15, 0.2) is 53.5 Å². The van der Waals surface area contributed by atoms with E-state index in [1.807, 2.05) is 32.0 Å². The average molecular weight is 416 g/mol. The number of hydrogen-bond acceptors (Lipinski definition) is 4. The first kappa shape index (κ1) is 23.0. The first-order chi connectivity index (χ1) is 14.5. The number of benzene rings is 2. The van der Waals surface area contributed by atoms with Gasteiger partial charge in [0.15, 0.2) is 12.6 Å². The lowest BCUT2D eigenvalue weighted by atomic mass is 10.2. The van der Waals surface area contributed by atoms with Gasteiger partial charge in [0, 0.05) is 12.6 Å². The summed E-state index contributed by atoms with van der Waals surface area (Å²) < 4.78 is 24.5. The summed E-state index contributed by atoms with van der Waals surface area (Å²) in [6.45, 7) is 5.46. The number of hydrogen-bond donors (Lipinski definition) is 3. The molecule has 1 amide bonds. The van der Waals surface area contributed by atoms with Gasteiger partial charge in [-0.1, -0.05) is 25.1 Å². The molecule has 0 saturated heterocycles. The maximum absolute atomic E-state index is 13.4. The monoisotopic (exact) mass is 416 g/mol. The van der Waals surface area contributed by atoms with Gasteiger partial charge in [0.25, 0.3) is 5.91 Å². The van der Waals surface area contributed by atoms with Gasteiger partial charge in [-0.25, -0.2) is 9.38 Å². The molecule has 1 unspecified atom stereocenters. The SMILES string of the molecule is CCNC(=NCc1cccc(OCC(N)=O)c1)NCC(CC)Oc1cccc(F)c1. The second-order valence-electron chi connectivity index (χ2n) is 6.58. The molecular formula is C22H29FN4O3. The molecule has 0 saturated carbocycles. The van der Waals surface area contributed by atoms with E-state index >= 15 is 0 Å². The van der Waals surface area contributed by atoms with E-state index in [0.717, 1.165) is 12.0 Å². The Labute approximate surface area is 176 Å². The molecule has 0 aliphatic heterocycles. The van der Waals surface area contributed by atoms with E-state index in [2.05, 4.69) is 15.6 Å². The van der Waals surface area contributed by atoms with Crippen molar-refractivity contribution in [1.29, 1.82) is 0 Å². The van der Waals surface area contributed by atoms with Crippen LogP contribution in [0.5, 0.6) is 11.5 Å². The summed E-state index contributed by atoms with van der Waals surface area (Å²) in [6, 6.07) is 13.4. The highest BCUT2D eigenvalue weighted by atomic mass is 19.1. The Kier molecular flexibility index (Phi) is 9.44. The Bertz CT molecular complexity index is 845. The van der Waals surface area contributed by atoms with E-state index in [1.54, 1.807) is 18.2 Å². The predicted molar refractivity (Wildman–Crippen MR) is 115 cm³/mol. The molecule has 8 heteroatoms. The van der Waals surface area contributed by atoms with Crippen molar-refractivity contribution in [3.63, 3.8) is 0 Å². The van der Waals surface area contributed by atoms with Gasteiger partial charge in [-0.2, -0.15) is 0 Å². The van der Waals surface area contributed by atoms with Crippen LogP contribution in [-0.4, -0.2) is 37.7 Å². The molecule has 1 atom stereocenters. The quantitative estimate of drug-likeness (QED) is 0.386. The molecule has 0 aliphatic rings. The minimum atomic E-state index is -0.525. The summed E-state index contributed by atoms with van der Waals surface area (Å²) in [5.41, 5.74) is 6.03. The summed E-state index contributed by atoms with van der Waals surface area (Å²) >= 11 is 0. The van der Waals surface area contributed by atoms with Crippen LogP contribution in [0.1, 0.15) is 25.8 Å². The summed E-state index contributed by atoms with van der Waals surface area (Å²) in [5, 5.41) is 6.45. The number of nitrogens with one attached hydrogen (secondary N) is 2. The van der Waals surface area contributed by atoms with Crippen LogP contribution in [0.3, 0.4) is 0 Å². The van der Waals surface area contributed by atoms with Crippen LogP contribution in [0.4, 0.5) is 4.39 Å². The zero-order valence-corrected chi connectivity index (χ0v) is 17.4. The van der Waals surface area contributed by atoms with Gasteiger partial charge in [0.05, 0.1) is 13.1 Å². The number of guanidine groups is 1. The number of aliphatic imine (C=N–C) groups is 1. The van der Waals surface area contributed by atoms with Crippen LogP contribution >= 0.6 is 0 Å². The Morgan fingerprint density at radius 2 is 1.90 bits per heavy atom. The molecule has 2 aromatic carbocycles. The van der Waals surface area contributed by atoms with Crippen LogP contribution in [0.2, 0.25) is 0 Å². The number of rotatable bonds is 11. The maximum Gasteiger partial charge on any atom is 0.255 e. The molecule has 0 aliphatic carbocycles. The number of halogens is 1. The van der Waals surface area contributed by atoms with Crippen molar-refractivity contribution in [1.82, 2.24) is 10.6 Å². The standard InChI is InChI=1S/C22H29FN4O3/c1-3-18(30-20-10-6-8-17(23)12-20)14-27-22(25-4-2)26-13-16-7-5-9-19(11-16)29-15-21(24)28/h5-12,18H,3-4,13-15H2,1-2H3,(H2,24,28)(H2,25,26,27). The lowest BCUT2D eigenvalue weighted by Crippen LogP contribution is -2.42. The van der Waals surface area contributed by atoms with Crippen molar-refractivity contribution in [2.45, 2.75) is 32.9 Å². The Hall–Kier alpha value is -3.29. The van der Waals surface area contributed by atoms with E-state index in [0.29, 0.717) is 37.1 Å². The van der Waals surface area contributed by atoms with Gasteiger partial charge in [-0.05, 0) is 43.2 Å². The molecule has 0 fully saturated rings. The maximum atomic E-state index is 13.4. The van der Waals surface area contributed by atoms with Crippen molar-refractivity contribution in [2.75, 3.05) is 19.7 Å². The Morgan fingerprint density at radius 1 is 1.13 bits per heavy atom. The number of primary amides is 1. The zero-order valence-electron chi connectivity index (χ0n) is 17.4. The van der Waals surface area contributed by atoms with Crippen molar-refractivity contribution < 1.29 is 18.7 Å². The first-order valence-corrected chi connectivity index (χ1v) is 9.94. The Balaban J connectivity index is 1.94. The fourth-order valence-corrected chi connectivity index (χ4v) is 2.61. The van der Waals surface area contributed by atoms with Crippen molar-refractivity contribution in [3.8, 4) is 11.5 Å². The summed E-state index contributed by atoms with van der Waals surface area (Å²) in [7, 11) is 0. The van der Waals surface area contributed by atoms with Crippen LogP contribution in [0.25, 0.3) is 0 Å². The zero-order chi connectivity index (χ0) is 21.8. The fraction of sp³-hybridized carbons (Fsp3) is 0.364. The molecule has 0 heterocycles. The van der Waals surface area contributed by atoms with E-state index in [-0.39, 0.29) is 18.5 Å². The van der Waals surface area contributed by atoms with Crippen molar-refractivity contribution >= 4 is 11.9 Å². The third-order valence-electron chi connectivity index (χ3n) is 4.09. The van der Waals surface area contributed by atoms with E-state index in [4.69, 9.17) is 15.2 Å². The molecule has 162 valence electrons. The summed E-state index contributed by atoms with van der Waals surface area (Å²) in [5.74, 6) is 0.852. The van der Waals surface area contributed by atoms with E-state index in [9.17, 15) is 9.18 Å². The van der Waals surface area contributed by atoms with Crippen molar-refractivity contribution in [3.05, 3.63) is 59.9 Å². The van der Waals surface area contributed by atoms with Crippen LogP contribution < -0.4 is 25.8 Å². The van der Waals surface area contributed by atoms with Gasteiger partial charge in [-0.3, -0.25) is 4.79 Å². The number of nitrogens with zero attached hydrogens (tertiary/aromatic N) is 1. The molecule has 30 heavy (non-hydrogen) atoms. The number of nitrogens with two attached hydrogens (primary N) is 1. The van der Waals surface area contributed by atoms with Gasteiger partial charge < -0.3 is 25.8 Å². The average Bonchev–Trinajstić information content (AvgIpc) is 2.73. The van der Waals surface area contributed by atoms with E-state index in [1.165, 1.54) is 12.1 Å². The van der Waals surface area contributed by atoms with Crippen LogP contribution in [-0.2, 0) is 11.3 Å². The van der Waals surface area contributed by atoms with Gasteiger partial charge in [0.2, 0.25) is 0 Å². The highest BCUT2D eigenvalue weighted by Gasteiger charge is 2.10. The molecule has 0 bridgehead atoms. The second kappa shape index (κ2) is 12.3. The molecule has 2 aromatic rings. The number of ether oxygens (including phenoxy) is 2. The highest BCUT2D eigenvalue weighted by molar-refractivity contribution is 5.79. The Morgan fingerprint density at radius 3 is 2.60 bits per heavy atom. The normalized spacial score (nSPS) is 12.2. The molecule has 7 nitrogen and oxygen atoms in total. The topological polar surface area (TPSA) is 98.0 Å². The summed E-state index contributed by atoms with van der Waals surface area (Å²) in [4.78, 5) is 15.4. The predicted octanol–water partition coefficient (Wildman–Crippen LogP) is 2.60. The van der Waals surface area contributed by atoms with Gasteiger partial charge in [0.1, 0.15) is 23.4 Å². The van der Waals surface area contributed by atoms with E-state index < -0.39 is 5.91 Å². The van der Waals surface area contributed by atoms with Crippen LogP contribution in [0, 0.1) is 5.82 Å². The molecule has 0 spiro atoms. The minimum Gasteiger partial charge on any atom is -0.489 e. The fourth-order valence-electron chi connectivity index (χ4n) is 2.61. The van der Waals surface area contributed by atoms with Crippen molar-refractivity contribution in [2.24, 2.45) is 10.7 Å². The lowest BCUT2D eigenvalue weighted by Gasteiger charge is -2.20. The van der Waals surface area contributed by atoms with Gasteiger partial charge >= 0.3 is 0 Å². The molecule has 4 N–H and O–H groups in total. The number of carbonyl (C=O) groups is 1. The number of amides is 1. The molecule has 2 rings (SSSR count). The number of carbonyl (C=O) groups excluding carboxylic acids is 1. The smallest absolute Gasteiger partial charge is 0.255 e. The minimum absolute atomic E-state index is 0.138. The second-order valence-corrected chi connectivity index (χ2v) is 6.58.